The quantitative estimate of drug-likeness (QED) is 0.0562. The van der Waals surface area contributed by atoms with Crippen molar-refractivity contribution in [2.24, 2.45) is 0 Å². The molecule has 8 N–H and O–H groups in total. The third-order valence-corrected chi connectivity index (χ3v) is 11.3. The first-order valence-electron chi connectivity index (χ1n) is 21.7. The number of rotatable bonds is 10. The van der Waals surface area contributed by atoms with Crippen molar-refractivity contribution in [3.05, 3.63) is 206 Å². The molecule has 2 atom stereocenters. The molecule has 0 saturated heterocycles. The van der Waals surface area contributed by atoms with Gasteiger partial charge in [-0.3, -0.25) is 18.7 Å². The van der Waals surface area contributed by atoms with Crippen LogP contribution in [0.15, 0.2) is 165 Å². The normalized spacial score (nSPS) is 11.5. The van der Waals surface area contributed by atoms with E-state index in [1.165, 1.54) is 31.1 Å². The van der Waals surface area contributed by atoms with Gasteiger partial charge in [-0.1, -0.05) is 88.6 Å². The van der Waals surface area contributed by atoms with Crippen molar-refractivity contribution in [2.45, 2.75) is 25.9 Å². The lowest BCUT2D eigenvalue weighted by molar-refractivity contribution is 0.415. The van der Waals surface area contributed by atoms with Gasteiger partial charge in [0.25, 0.3) is 11.1 Å². The summed E-state index contributed by atoms with van der Waals surface area (Å²) < 4.78 is 12.6. The molecule has 0 bridgehead atoms. The molecule has 72 heavy (non-hydrogen) atoms. The standard InChI is InChI=1S/C25H19N7O2.C22H17ClN6O.C3H4BNO3/c1-15(30-23-20(27-2)13-28-25(26)31-23)21-11-16-7-6-10-19(17-12-29-34-14-17)22(16)24(33)32(21)18-8-4-3-5-9-18;1-13(27-20-17(25-2)12-26-22(24)28-20)18-11-14-7-6-10-16(23)19(14)21(30)29(18)15-8-4-3-5-9-15;6-4(7)3-1-5-8-2-3/h3-15H,1H3,(H3,26,28,30,31);3-13H,1H3,(H3,24,26,27,28);1-2,6-7H/t15-;13-;/m00./s1. The fourth-order valence-corrected chi connectivity index (χ4v) is 7.94. The maximum absolute atomic E-state index is 14.0. The zero-order valence-corrected chi connectivity index (χ0v) is 38.9. The summed E-state index contributed by atoms with van der Waals surface area (Å²) in [5, 5.41) is 33.1. The van der Waals surface area contributed by atoms with E-state index in [-0.39, 0.29) is 45.9 Å². The van der Waals surface area contributed by atoms with Crippen LogP contribution in [0.5, 0.6) is 0 Å². The maximum Gasteiger partial charge on any atom is 0.493 e. The Balaban J connectivity index is 0.000000168. The lowest BCUT2D eigenvalue weighted by Crippen LogP contribution is -2.27. The average molecular weight is 979 g/mol. The molecule has 22 heteroatoms. The number of pyridine rings is 2. The molecule has 0 aliphatic heterocycles. The van der Waals surface area contributed by atoms with E-state index in [0.29, 0.717) is 50.2 Å². The molecule has 356 valence electrons. The SMILES string of the molecule is OB(O)c1cnoc1.[C-]#[N+]c1cnc(N)nc1N[C@@H](C)c1cc2cccc(-c3cnoc3)c2c(=O)n1-c1ccccc1.[C-]#[N+]c1cnc(N)nc1N[C@@H](C)c1cc2cccc(Cl)c2c(=O)n1-c1ccccc1. The van der Waals surface area contributed by atoms with Gasteiger partial charge in [-0.15, -0.1) is 0 Å². The van der Waals surface area contributed by atoms with Gasteiger partial charge in [-0.05, 0) is 72.6 Å². The van der Waals surface area contributed by atoms with Gasteiger partial charge in [0.2, 0.25) is 23.3 Å². The molecule has 10 rings (SSSR count). The van der Waals surface area contributed by atoms with Crippen molar-refractivity contribution in [3.63, 3.8) is 0 Å². The zero-order chi connectivity index (χ0) is 50.9. The van der Waals surface area contributed by atoms with Crippen LogP contribution in [0.25, 0.3) is 53.7 Å². The zero-order valence-electron chi connectivity index (χ0n) is 38.1. The number of anilines is 4. The van der Waals surface area contributed by atoms with Crippen molar-refractivity contribution in [1.29, 1.82) is 0 Å². The summed E-state index contributed by atoms with van der Waals surface area (Å²) in [5.74, 6) is 0.728. The van der Waals surface area contributed by atoms with Crippen LogP contribution in [-0.2, 0) is 0 Å². The summed E-state index contributed by atoms with van der Waals surface area (Å²) in [6, 6.07) is 32.8. The van der Waals surface area contributed by atoms with E-state index in [2.05, 4.69) is 55.1 Å². The largest absolute Gasteiger partial charge is 0.493 e. The fraction of sp³-hybridized carbons (Fsp3) is 0.0800. The topological polar surface area (TPSA) is 273 Å². The number of aromatic nitrogens is 8. The second-order valence-corrected chi connectivity index (χ2v) is 16.1. The predicted molar refractivity (Wildman–Crippen MR) is 275 cm³/mol. The van der Waals surface area contributed by atoms with Gasteiger partial charge in [-0.25, -0.2) is 29.6 Å². The van der Waals surface area contributed by atoms with Crippen molar-refractivity contribution in [3.8, 4) is 22.5 Å². The molecule has 10 aromatic rings. The number of nitrogens with zero attached hydrogens (tertiary/aromatic N) is 10. The maximum atomic E-state index is 14.0. The Morgan fingerprint density at radius 3 is 1.60 bits per heavy atom. The monoisotopic (exact) mass is 978 g/mol. The molecular formula is C50H40BClN14O6. The summed E-state index contributed by atoms with van der Waals surface area (Å²) in [6.45, 7) is 18.5. The number of benzene rings is 4. The van der Waals surface area contributed by atoms with E-state index >= 15 is 0 Å². The summed E-state index contributed by atoms with van der Waals surface area (Å²) >= 11 is 6.35. The number of para-hydroxylation sites is 2. The van der Waals surface area contributed by atoms with Gasteiger partial charge >= 0.3 is 7.12 Å². The van der Waals surface area contributed by atoms with Crippen LogP contribution in [0.2, 0.25) is 5.02 Å². The summed E-state index contributed by atoms with van der Waals surface area (Å²) in [6.07, 6.45) is 8.26. The molecule has 20 nitrogen and oxygen atoms in total. The minimum atomic E-state index is -1.47. The highest BCUT2D eigenvalue weighted by Crippen LogP contribution is 2.33. The highest BCUT2D eigenvalue weighted by atomic mass is 35.5. The molecule has 0 radical (unpaired) electrons. The number of nitrogens with two attached hydrogens (primary N) is 2. The van der Waals surface area contributed by atoms with Gasteiger partial charge in [0, 0.05) is 46.2 Å². The molecule has 0 fully saturated rings. The predicted octanol–water partition coefficient (Wildman–Crippen LogP) is 7.84. The number of hydrogen-bond donors (Lipinski definition) is 6. The first-order valence-corrected chi connectivity index (χ1v) is 22.1. The van der Waals surface area contributed by atoms with E-state index in [9.17, 15) is 9.59 Å². The number of fused-ring (bicyclic) bond motifs is 2. The Labute approximate surface area is 414 Å². The van der Waals surface area contributed by atoms with Gasteiger partial charge in [0.05, 0.1) is 53.4 Å². The molecule has 6 heterocycles. The minimum absolute atomic E-state index is 0.0550. The fourth-order valence-electron chi connectivity index (χ4n) is 7.68. The van der Waals surface area contributed by atoms with Gasteiger partial charge in [0.15, 0.2) is 0 Å². The number of halogens is 1. The molecule has 0 spiro atoms. The Morgan fingerprint density at radius 1 is 0.653 bits per heavy atom. The van der Waals surface area contributed by atoms with E-state index in [1.807, 2.05) is 111 Å². The average Bonchev–Trinajstić information content (AvgIpc) is 4.14. The van der Waals surface area contributed by atoms with E-state index in [0.717, 1.165) is 21.9 Å². The molecule has 0 unspecified atom stereocenters. The van der Waals surface area contributed by atoms with Gasteiger partial charge in [0.1, 0.15) is 24.2 Å². The van der Waals surface area contributed by atoms with E-state index in [4.69, 9.17) is 50.8 Å². The van der Waals surface area contributed by atoms with E-state index in [1.54, 1.807) is 27.5 Å². The third kappa shape index (κ3) is 10.5. The van der Waals surface area contributed by atoms with Crippen LogP contribution in [0, 0.1) is 13.1 Å². The summed E-state index contributed by atoms with van der Waals surface area (Å²) in [4.78, 5) is 50.4. The second kappa shape index (κ2) is 21.7. The Morgan fingerprint density at radius 2 is 1.14 bits per heavy atom. The number of nitrogens with one attached hydrogen (secondary N) is 2. The van der Waals surface area contributed by atoms with Crippen LogP contribution < -0.4 is 38.7 Å². The third-order valence-electron chi connectivity index (χ3n) is 11.0. The van der Waals surface area contributed by atoms with Crippen LogP contribution >= 0.6 is 11.6 Å². The molecule has 6 aromatic heterocycles. The van der Waals surface area contributed by atoms with E-state index < -0.39 is 13.2 Å². The van der Waals surface area contributed by atoms with Crippen LogP contribution in [-0.4, -0.2) is 56.5 Å². The van der Waals surface area contributed by atoms with Crippen molar-refractivity contribution < 1.29 is 19.1 Å². The van der Waals surface area contributed by atoms with Gasteiger partial charge < -0.3 is 41.2 Å². The molecule has 0 amide bonds. The van der Waals surface area contributed by atoms with Crippen molar-refractivity contribution in [1.82, 2.24) is 39.4 Å². The lowest BCUT2D eigenvalue weighted by atomic mass is 9.83. The second-order valence-electron chi connectivity index (χ2n) is 15.7. The van der Waals surface area contributed by atoms with Crippen LogP contribution in [0.3, 0.4) is 0 Å². The number of hydrogen-bond acceptors (Lipinski definition) is 16. The van der Waals surface area contributed by atoms with Crippen molar-refractivity contribution >= 4 is 80.6 Å². The first-order chi connectivity index (χ1) is 34.9. The highest BCUT2D eigenvalue weighted by molar-refractivity contribution is 6.58. The molecule has 4 aromatic carbocycles. The molecular weight excluding hydrogens is 939 g/mol. The Kier molecular flexibility index (Phi) is 14.7. The van der Waals surface area contributed by atoms with Gasteiger partial charge in [-0.2, -0.15) is 0 Å². The molecule has 0 aliphatic carbocycles. The Bertz CT molecular complexity index is 3730. The van der Waals surface area contributed by atoms with Crippen LogP contribution in [0.1, 0.15) is 37.3 Å². The highest BCUT2D eigenvalue weighted by Gasteiger charge is 2.22. The summed E-state index contributed by atoms with van der Waals surface area (Å²) in [5.41, 5.74) is 16.1. The molecule has 0 aliphatic rings. The van der Waals surface area contributed by atoms with Crippen LogP contribution in [0.4, 0.5) is 34.9 Å². The lowest BCUT2D eigenvalue weighted by Gasteiger charge is -2.22. The number of nitrogen functional groups attached to an aromatic ring is 2. The summed E-state index contributed by atoms with van der Waals surface area (Å²) in [7, 11) is -1.47. The van der Waals surface area contributed by atoms with Crippen molar-refractivity contribution in [2.75, 3.05) is 22.1 Å². The Hall–Kier alpha value is -9.67. The molecule has 0 saturated carbocycles. The minimum Gasteiger partial charge on any atom is -0.423 e. The smallest absolute Gasteiger partial charge is 0.423 e. The first kappa shape index (κ1) is 48.8.